The summed E-state index contributed by atoms with van der Waals surface area (Å²) < 4.78 is 0. The average molecular weight is 278 g/mol. The highest BCUT2D eigenvalue weighted by molar-refractivity contribution is 5.87. The molecule has 2 N–H and O–H groups in total. The van der Waals surface area contributed by atoms with Crippen molar-refractivity contribution < 1.29 is 19.5 Å². The molecule has 108 valence electrons. The summed E-state index contributed by atoms with van der Waals surface area (Å²) in [6, 6.07) is 0. The molecule has 1 heterocycles. The van der Waals surface area contributed by atoms with Gasteiger partial charge in [-0.3, -0.25) is 14.4 Å². The molecule has 6 heteroatoms. The summed E-state index contributed by atoms with van der Waals surface area (Å²) in [6.07, 6.45) is 4.97. The van der Waals surface area contributed by atoms with Crippen LogP contribution in [0.3, 0.4) is 0 Å². The van der Waals surface area contributed by atoms with E-state index in [1.54, 1.807) is 4.90 Å². The minimum absolute atomic E-state index is 0.0156. The fourth-order valence-electron chi connectivity index (χ4n) is 3.69. The molecule has 0 aromatic carbocycles. The second-order valence-corrected chi connectivity index (χ2v) is 5.76. The number of aliphatic carboxylic acids is 1. The highest BCUT2D eigenvalue weighted by atomic mass is 16.4. The summed E-state index contributed by atoms with van der Waals surface area (Å²) in [5.41, 5.74) is 0. The maximum atomic E-state index is 12.7. The average Bonchev–Trinajstić information content (AvgIpc) is 2.95. The van der Waals surface area contributed by atoms with Gasteiger partial charge < -0.3 is 15.3 Å². The first-order valence-corrected chi connectivity index (χ1v) is 7.04. The molecule has 0 radical (unpaired) electrons. The van der Waals surface area contributed by atoms with Crippen LogP contribution in [0, 0.1) is 23.7 Å². The van der Waals surface area contributed by atoms with Gasteiger partial charge in [0.15, 0.2) is 0 Å². The number of amides is 2. The Bertz CT molecular complexity index is 488. The van der Waals surface area contributed by atoms with Crippen molar-refractivity contribution in [2.24, 2.45) is 23.7 Å². The lowest BCUT2D eigenvalue weighted by Crippen LogP contribution is -2.44. The van der Waals surface area contributed by atoms with Gasteiger partial charge in [0.05, 0.1) is 11.8 Å². The fraction of sp³-hybridized carbons (Fsp3) is 0.643. The molecular weight excluding hydrogens is 260 g/mol. The number of hydrogen-bond acceptors (Lipinski definition) is 3. The van der Waals surface area contributed by atoms with E-state index in [4.69, 9.17) is 0 Å². The van der Waals surface area contributed by atoms with Crippen molar-refractivity contribution in [3.8, 4) is 0 Å². The van der Waals surface area contributed by atoms with E-state index in [2.05, 4.69) is 5.32 Å². The van der Waals surface area contributed by atoms with E-state index in [-0.39, 0.29) is 23.7 Å². The van der Waals surface area contributed by atoms with Crippen molar-refractivity contribution in [1.29, 1.82) is 0 Å². The van der Waals surface area contributed by atoms with Gasteiger partial charge in [-0.2, -0.15) is 0 Å². The molecule has 1 saturated carbocycles. The molecule has 4 atom stereocenters. The maximum Gasteiger partial charge on any atom is 0.307 e. The van der Waals surface area contributed by atoms with Gasteiger partial charge in [0.25, 0.3) is 0 Å². The molecule has 1 saturated heterocycles. The zero-order valence-electron chi connectivity index (χ0n) is 11.1. The van der Waals surface area contributed by atoms with Crippen LogP contribution in [0.5, 0.6) is 0 Å². The number of nitrogens with one attached hydrogen (secondary N) is 1. The van der Waals surface area contributed by atoms with Crippen LogP contribution in [0.15, 0.2) is 12.2 Å². The lowest BCUT2D eigenvalue weighted by molar-refractivity contribution is -0.151. The molecular formula is C14H18N2O4. The molecule has 0 aromatic heterocycles. The molecule has 4 unspecified atom stereocenters. The largest absolute Gasteiger partial charge is 0.481 e. The van der Waals surface area contributed by atoms with E-state index < -0.39 is 17.8 Å². The summed E-state index contributed by atoms with van der Waals surface area (Å²) >= 11 is 0. The fourth-order valence-corrected chi connectivity index (χ4v) is 3.69. The van der Waals surface area contributed by atoms with Crippen LogP contribution in [0.25, 0.3) is 0 Å². The number of hydrogen-bond donors (Lipinski definition) is 2. The minimum atomic E-state index is -0.885. The van der Waals surface area contributed by atoms with Gasteiger partial charge >= 0.3 is 5.97 Å². The first-order chi connectivity index (χ1) is 9.58. The van der Waals surface area contributed by atoms with Crippen molar-refractivity contribution in [3.05, 3.63) is 12.2 Å². The van der Waals surface area contributed by atoms with Gasteiger partial charge in [-0.05, 0) is 18.3 Å². The number of nitrogens with zero attached hydrogens (tertiary/aromatic N) is 1. The first-order valence-electron chi connectivity index (χ1n) is 7.04. The monoisotopic (exact) mass is 278 g/mol. The second kappa shape index (κ2) is 4.92. The Kier molecular flexibility index (Phi) is 3.23. The Morgan fingerprint density at radius 1 is 1.20 bits per heavy atom. The van der Waals surface area contributed by atoms with Crippen molar-refractivity contribution >= 4 is 17.8 Å². The molecule has 0 spiro atoms. The number of rotatable bonds is 2. The molecule has 1 aliphatic heterocycles. The maximum absolute atomic E-state index is 12.7. The zero-order valence-corrected chi connectivity index (χ0v) is 11.1. The molecule has 2 bridgehead atoms. The first kappa shape index (κ1) is 13.1. The summed E-state index contributed by atoms with van der Waals surface area (Å²) in [5, 5.41) is 12.1. The summed E-state index contributed by atoms with van der Waals surface area (Å²) in [4.78, 5) is 37.1. The lowest BCUT2D eigenvalue weighted by Gasteiger charge is -2.29. The van der Waals surface area contributed by atoms with Gasteiger partial charge in [0, 0.05) is 26.1 Å². The zero-order chi connectivity index (χ0) is 14.3. The van der Waals surface area contributed by atoms with Gasteiger partial charge in [0.1, 0.15) is 0 Å². The number of fused-ring (bicyclic) bond motifs is 2. The molecule has 2 fully saturated rings. The Hall–Kier alpha value is -1.85. The number of carboxylic acid groups (broad SMARTS) is 1. The summed E-state index contributed by atoms with van der Waals surface area (Å²) in [5.74, 6) is -2.09. The van der Waals surface area contributed by atoms with Gasteiger partial charge in [-0.25, -0.2) is 0 Å². The van der Waals surface area contributed by atoms with E-state index in [9.17, 15) is 19.5 Å². The van der Waals surface area contributed by atoms with Crippen LogP contribution in [-0.4, -0.2) is 47.4 Å². The van der Waals surface area contributed by atoms with E-state index in [0.29, 0.717) is 26.1 Å². The van der Waals surface area contributed by atoms with E-state index in [0.717, 1.165) is 6.42 Å². The molecule has 6 nitrogen and oxygen atoms in total. The van der Waals surface area contributed by atoms with Crippen LogP contribution in [0.1, 0.15) is 12.8 Å². The second-order valence-electron chi connectivity index (χ2n) is 5.76. The number of carbonyl (C=O) groups is 3. The van der Waals surface area contributed by atoms with Crippen LogP contribution < -0.4 is 5.32 Å². The predicted octanol–water partition coefficient (Wildman–Crippen LogP) is -0.142. The molecule has 2 amide bonds. The van der Waals surface area contributed by atoms with E-state index >= 15 is 0 Å². The van der Waals surface area contributed by atoms with Crippen molar-refractivity contribution in [1.82, 2.24) is 10.2 Å². The van der Waals surface area contributed by atoms with Gasteiger partial charge in [-0.1, -0.05) is 12.2 Å². The van der Waals surface area contributed by atoms with Crippen molar-refractivity contribution in [2.45, 2.75) is 12.8 Å². The Labute approximate surface area is 116 Å². The van der Waals surface area contributed by atoms with Crippen LogP contribution in [-0.2, 0) is 14.4 Å². The number of allylic oxidation sites excluding steroid dienone is 2. The third-order valence-electron chi connectivity index (χ3n) is 4.65. The van der Waals surface area contributed by atoms with Crippen LogP contribution in [0.2, 0.25) is 0 Å². The molecule has 3 rings (SSSR count). The van der Waals surface area contributed by atoms with Crippen molar-refractivity contribution in [3.63, 3.8) is 0 Å². The lowest BCUT2D eigenvalue weighted by atomic mass is 9.82. The van der Waals surface area contributed by atoms with Crippen LogP contribution >= 0.6 is 0 Å². The number of carboxylic acids is 1. The Morgan fingerprint density at radius 3 is 2.60 bits per heavy atom. The summed E-state index contributed by atoms with van der Waals surface area (Å²) in [6.45, 7) is 1.29. The molecule has 3 aliphatic rings. The molecule has 20 heavy (non-hydrogen) atoms. The third-order valence-corrected chi connectivity index (χ3v) is 4.65. The van der Waals surface area contributed by atoms with E-state index in [1.165, 1.54) is 0 Å². The number of carbonyl (C=O) groups excluding carboxylic acids is 2. The normalized spacial score (nSPS) is 35.8. The smallest absolute Gasteiger partial charge is 0.307 e. The third kappa shape index (κ3) is 2.09. The highest BCUT2D eigenvalue weighted by Gasteiger charge is 2.52. The molecule has 0 aromatic rings. The summed E-state index contributed by atoms with van der Waals surface area (Å²) in [7, 11) is 0. The standard InChI is InChI=1S/C14H18N2O4/c17-10-3-5-16(6-4-15-10)13(18)11-8-1-2-9(7-8)12(11)14(19)20/h1-2,8-9,11-12H,3-7H2,(H,15,17)(H,19,20). The van der Waals surface area contributed by atoms with Crippen LogP contribution in [0.4, 0.5) is 0 Å². The topological polar surface area (TPSA) is 86.7 Å². The highest BCUT2D eigenvalue weighted by Crippen LogP contribution is 2.48. The van der Waals surface area contributed by atoms with Crippen molar-refractivity contribution in [2.75, 3.05) is 19.6 Å². The van der Waals surface area contributed by atoms with Gasteiger partial charge in [-0.15, -0.1) is 0 Å². The quantitative estimate of drug-likeness (QED) is 0.688. The predicted molar refractivity (Wildman–Crippen MR) is 69.6 cm³/mol. The SMILES string of the molecule is O=C1CCN(C(=O)C2C3C=CC(C3)C2C(=O)O)CCN1. The Morgan fingerprint density at radius 2 is 1.90 bits per heavy atom. The Balaban J connectivity index is 1.77. The minimum Gasteiger partial charge on any atom is -0.481 e. The molecule has 2 aliphatic carbocycles. The van der Waals surface area contributed by atoms with Gasteiger partial charge in [0.2, 0.25) is 11.8 Å². The van der Waals surface area contributed by atoms with E-state index in [1.807, 2.05) is 12.2 Å².